The Morgan fingerprint density at radius 1 is 0.290 bits per heavy atom. The van der Waals surface area contributed by atoms with Crippen LogP contribution in [0.1, 0.15) is 0 Å². The predicted octanol–water partition coefficient (Wildman–Crippen LogP) is 14.5. The summed E-state index contributed by atoms with van der Waals surface area (Å²) in [5.41, 5.74) is 11.2. The first kappa shape index (κ1) is 38.6. The van der Waals surface area contributed by atoms with E-state index in [0.717, 1.165) is 99.1 Å². The number of rotatable bonds is 7. The summed E-state index contributed by atoms with van der Waals surface area (Å²) in [5.74, 6) is 3.49. The standard InChI is InChI=1S/C60H36N8O/c1-4-16-37(17-5-1)55-61-56(63-59(62-55)41-30-33-45-44-23-12-15-27-51(44)69-52(45)36-41)40-28-31-42(32-29-40)67-48-25-13-10-22-43(48)46-34-35-50-53(54(46)67)47-24-11-14-26-49(47)68(50)60-65-57(38-18-6-2-7-19-38)64-58(66-60)39-20-8-3-9-21-39/h1-36H. The molecule has 0 aliphatic carbocycles. The fourth-order valence-electron chi connectivity index (χ4n) is 9.86. The van der Waals surface area contributed by atoms with Crippen LogP contribution < -0.4 is 0 Å². The van der Waals surface area contributed by atoms with Crippen molar-refractivity contribution in [2.75, 3.05) is 0 Å². The van der Waals surface area contributed by atoms with E-state index in [9.17, 15) is 0 Å². The molecule has 9 heteroatoms. The van der Waals surface area contributed by atoms with Crippen molar-refractivity contribution in [3.8, 4) is 68.6 Å². The third-order valence-electron chi connectivity index (χ3n) is 13.0. The van der Waals surface area contributed by atoms with Crippen LogP contribution in [0.4, 0.5) is 0 Å². The van der Waals surface area contributed by atoms with Crippen molar-refractivity contribution >= 4 is 65.6 Å². The topological polar surface area (TPSA) is 100 Å². The van der Waals surface area contributed by atoms with E-state index in [4.69, 9.17) is 34.3 Å². The van der Waals surface area contributed by atoms with Crippen LogP contribution in [0.3, 0.4) is 0 Å². The van der Waals surface area contributed by atoms with Crippen LogP contribution in [-0.4, -0.2) is 39.0 Å². The van der Waals surface area contributed by atoms with Gasteiger partial charge < -0.3 is 8.98 Å². The number of para-hydroxylation sites is 3. The number of fused-ring (bicyclic) bond motifs is 10. The Kier molecular flexibility index (Phi) is 8.68. The number of benzene rings is 9. The summed E-state index contributed by atoms with van der Waals surface area (Å²) in [4.78, 5) is 30.6. The highest BCUT2D eigenvalue weighted by Crippen LogP contribution is 2.42. The predicted molar refractivity (Wildman–Crippen MR) is 276 cm³/mol. The molecular formula is C60H36N8O. The molecule has 0 N–H and O–H groups in total. The van der Waals surface area contributed by atoms with Gasteiger partial charge in [0.15, 0.2) is 29.1 Å². The first-order chi connectivity index (χ1) is 34.2. The first-order valence-corrected chi connectivity index (χ1v) is 22.9. The molecule has 14 rings (SSSR count). The molecule has 0 bridgehead atoms. The maximum Gasteiger partial charge on any atom is 0.238 e. The molecular weight excluding hydrogens is 849 g/mol. The lowest BCUT2D eigenvalue weighted by Gasteiger charge is -2.12. The first-order valence-electron chi connectivity index (χ1n) is 22.9. The highest BCUT2D eigenvalue weighted by molar-refractivity contribution is 6.26. The highest BCUT2D eigenvalue weighted by Gasteiger charge is 2.23. The fourth-order valence-corrected chi connectivity index (χ4v) is 9.86. The second-order valence-corrected chi connectivity index (χ2v) is 17.1. The zero-order valence-electron chi connectivity index (χ0n) is 36.8. The molecule has 0 unspecified atom stereocenters. The normalized spacial score (nSPS) is 11.8. The van der Waals surface area contributed by atoms with Crippen LogP contribution in [0.25, 0.3) is 134 Å². The number of hydrogen-bond donors (Lipinski definition) is 0. The Balaban J connectivity index is 0.952. The minimum Gasteiger partial charge on any atom is -0.456 e. The lowest BCUT2D eigenvalue weighted by molar-refractivity contribution is 0.669. The van der Waals surface area contributed by atoms with Gasteiger partial charge in [-0.05, 0) is 60.7 Å². The summed E-state index contributed by atoms with van der Waals surface area (Å²) in [5, 5.41) is 6.62. The van der Waals surface area contributed by atoms with E-state index in [-0.39, 0.29) is 0 Å². The molecule has 14 aromatic rings. The van der Waals surface area contributed by atoms with Crippen LogP contribution in [0.5, 0.6) is 0 Å². The van der Waals surface area contributed by atoms with Gasteiger partial charge in [-0.15, -0.1) is 0 Å². The minimum atomic E-state index is 0.546. The Morgan fingerprint density at radius 2 is 0.739 bits per heavy atom. The molecule has 0 saturated heterocycles. The zero-order chi connectivity index (χ0) is 45.4. The van der Waals surface area contributed by atoms with E-state index < -0.39 is 0 Å². The molecule has 0 fully saturated rings. The smallest absolute Gasteiger partial charge is 0.238 e. The van der Waals surface area contributed by atoms with Gasteiger partial charge in [-0.3, -0.25) is 4.57 Å². The Labute approximate surface area is 394 Å². The summed E-state index contributed by atoms with van der Waals surface area (Å²) in [6.45, 7) is 0. The van der Waals surface area contributed by atoms with Crippen molar-refractivity contribution in [2.45, 2.75) is 0 Å². The minimum absolute atomic E-state index is 0.546. The molecule has 0 aliphatic rings. The average Bonchev–Trinajstić information content (AvgIpc) is 4.09. The van der Waals surface area contributed by atoms with Crippen LogP contribution in [0.2, 0.25) is 0 Å². The molecule has 322 valence electrons. The van der Waals surface area contributed by atoms with Crippen LogP contribution in [-0.2, 0) is 0 Å². The Hall–Kier alpha value is -9.60. The second-order valence-electron chi connectivity index (χ2n) is 17.1. The van der Waals surface area contributed by atoms with E-state index in [1.54, 1.807) is 0 Å². The summed E-state index contributed by atoms with van der Waals surface area (Å²) in [7, 11) is 0. The van der Waals surface area contributed by atoms with Crippen molar-refractivity contribution < 1.29 is 4.42 Å². The van der Waals surface area contributed by atoms with Crippen molar-refractivity contribution in [2.24, 2.45) is 0 Å². The second kappa shape index (κ2) is 15.5. The average molecular weight is 885 g/mol. The monoisotopic (exact) mass is 884 g/mol. The van der Waals surface area contributed by atoms with E-state index in [2.05, 4.69) is 112 Å². The third-order valence-corrected chi connectivity index (χ3v) is 13.0. The fraction of sp³-hybridized carbons (Fsp3) is 0. The Morgan fingerprint density at radius 3 is 1.36 bits per heavy atom. The zero-order valence-corrected chi connectivity index (χ0v) is 36.8. The van der Waals surface area contributed by atoms with E-state index >= 15 is 0 Å². The largest absolute Gasteiger partial charge is 0.456 e. The lowest BCUT2D eigenvalue weighted by atomic mass is 10.1. The van der Waals surface area contributed by atoms with Crippen molar-refractivity contribution in [1.82, 2.24) is 39.0 Å². The molecule has 0 amide bonds. The summed E-state index contributed by atoms with van der Waals surface area (Å²) < 4.78 is 10.8. The van der Waals surface area contributed by atoms with Crippen LogP contribution >= 0.6 is 0 Å². The van der Waals surface area contributed by atoms with Gasteiger partial charge in [-0.2, -0.15) is 9.97 Å². The molecule has 9 nitrogen and oxygen atoms in total. The van der Waals surface area contributed by atoms with Gasteiger partial charge in [0.25, 0.3) is 0 Å². The van der Waals surface area contributed by atoms with Crippen LogP contribution in [0.15, 0.2) is 223 Å². The van der Waals surface area contributed by atoms with Crippen molar-refractivity contribution in [3.63, 3.8) is 0 Å². The SMILES string of the molecule is c1ccc(-c2nc(-c3ccc(-n4c5ccccc5c5ccc6c(c7ccccc7n6-c6nc(-c7ccccc7)nc(-c7ccccc7)n6)c54)cc3)nc(-c3ccc4c(c3)oc3ccccc34)n2)cc1. The number of hydrogen-bond acceptors (Lipinski definition) is 7. The van der Waals surface area contributed by atoms with Gasteiger partial charge in [0.1, 0.15) is 11.2 Å². The van der Waals surface area contributed by atoms with Crippen LogP contribution in [0, 0.1) is 0 Å². The Bertz CT molecular complexity index is 4240. The molecule has 5 aromatic heterocycles. The van der Waals surface area contributed by atoms with Crippen molar-refractivity contribution in [3.05, 3.63) is 218 Å². The van der Waals surface area contributed by atoms with E-state index in [1.165, 1.54) is 0 Å². The maximum absolute atomic E-state index is 6.29. The van der Waals surface area contributed by atoms with Gasteiger partial charge >= 0.3 is 0 Å². The van der Waals surface area contributed by atoms with Crippen molar-refractivity contribution in [1.29, 1.82) is 0 Å². The lowest BCUT2D eigenvalue weighted by Crippen LogP contribution is -2.06. The molecule has 0 saturated carbocycles. The quantitative estimate of drug-likeness (QED) is 0.157. The number of aromatic nitrogens is 8. The van der Waals surface area contributed by atoms with Gasteiger partial charge in [0.2, 0.25) is 5.95 Å². The maximum atomic E-state index is 6.29. The van der Waals surface area contributed by atoms with Gasteiger partial charge in [-0.25, -0.2) is 19.9 Å². The molecule has 5 heterocycles. The summed E-state index contributed by atoms with van der Waals surface area (Å²) in [6.07, 6.45) is 0. The summed E-state index contributed by atoms with van der Waals surface area (Å²) >= 11 is 0. The number of furan rings is 1. The molecule has 9 aromatic carbocycles. The molecule has 0 aliphatic heterocycles. The molecule has 0 spiro atoms. The summed E-state index contributed by atoms with van der Waals surface area (Å²) in [6, 6.07) is 74.7. The number of nitrogens with zero attached hydrogens (tertiary/aromatic N) is 8. The van der Waals surface area contributed by atoms with Gasteiger partial charge in [0.05, 0.1) is 22.1 Å². The third kappa shape index (κ3) is 6.32. The molecule has 69 heavy (non-hydrogen) atoms. The van der Waals surface area contributed by atoms with E-state index in [1.807, 2.05) is 115 Å². The van der Waals surface area contributed by atoms with E-state index in [0.29, 0.717) is 35.1 Å². The molecule has 0 atom stereocenters. The molecule has 0 radical (unpaired) electrons. The van der Waals surface area contributed by atoms with Gasteiger partial charge in [-0.1, -0.05) is 158 Å². The highest BCUT2D eigenvalue weighted by atomic mass is 16.3. The van der Waals surface area contributed by atoms with Gasteiger partial charge in [0, 0.05) is 65.8 Å².